The van der Waals surface area contributed by atoms with E-state index in [0.29, 0.717) is 21.8 Å². The van der Waals surface area contributed by atoms with Crippen LogP contribution < -0.4 is 5.32 Å². The van der Waals surface area contributed by atoms with Crippen molar-refractivity contribution in [1.29, 1.82) is 0 Å². The number of nitrogens with one attached hydrogen (secondary N) is 1. The molecule has 0 aliphatic heterocycles. The molecule has 23 heavy (non-hydrogen) atoms. The lowest BCUT2D eigenvalue weighted by Crippen LogP contribution is -2.10. The van der Waals surface area contributed by atoms with Crippen LogP contribution in [0.25, 0.3) is 11.3 Å². The Labute approximate surface area is 141 Å². The van der Waals surface area contributed by atoms with E-state index in [4.69, 9.17) is 16.0 Å². The van der Waals surface area contributed by atoms with Crippen molar-refractivity contribution in [1.82, 2.24) is 10.2 Å². The molecule has 1 fully saturated rings. The summed E-state index contributed by atoms with van der Waals surface area (Å²) < 4.78 is 5.61. The molecule has 7 heteroatoms. The number of hydrogen-bond donors (Lipinski definition) is 1. The Balaban J connectivity index is 1.51. The number of furan rings is 1. The molecule has 1 saturated carbocycles. The van der Waals surface area contributed by atoms with Gasteiger partial charge in [0, 0.05) is 11.5 Å². The monoisotopic (exact) mass is 345 g/mol. The van der Waals surface area contributed by atoms with Gasteiger partial charge >= 0.3 is 0 Å². The Bertz CT molecular complexity index is 870. The molecule has 0 spiro atoms. The second-order valence-corrected chi connectivity index (χ2v) is 6.73. The molecule has 1 aromatic carbocycles. The molecular formula is C16H12ClN3O2S. The minimum absolute atomic E-state index is 0.211. The topological polar surface area (TPSA) is 68.0 Å². The van der Waals surface area contributed by atoms with Crippen molar-refractivity contribution in [2.75, 3.05) is 5.32 Å². The van der Waals surface area contributed by atoms with Gasteiger partial charge in [-0.05, 0) is 37.1 Å². The molecule has 0 atom stereocenters. The predicted molar refractivity (Wildman–Crippen MR) is 89.0 cm³/mol. The summed E-state index contributed by atoms with van der Waals surface area (Å²) in [6.07, 6.45) is 2.31. The van der Waals surface area contributed by atoms with Gasteiger partial charge in [0.25, 0.3) is 5.91 Å². The average Bonchev–Trinajstić information content (AvgIpc) is 3.09. The second kappa shape index (κ2) is 5.79. The number of halogens is 1. The van der Waals surface area contributed by atoms with Crippen LogP contribution in [0.4, 0.5) is 5.13 Å². The molecule has 0 bridgehead atoms. The Morgan fingerprint density at radius 1 is 1.22 bits per heavy atom. The number of rotatable bonds is 4. The highest BCUT2D eigenvalue weighted by atomic mass is 35.5. The smallest absolute Gasteiger partial charge is 0.293 e. The standard InChI is InChI=1S/C16H12ClN3O2S/c17-11-4-2-1-3-10(11)12-7-8-13(22-12)14(21)18-16-20-19-15(23-16)9-5-6-9/h1-4,7-9H,5-6H2,(H,18,20,21). The summed E-state index contributed by atoms with van der Waals surface area (Å²) in [6.45, 7) is 0. The van der Waals surface area contributed by atoms with Crippen molar-refractivity contribution in [3.63, 3.8) is 0 Å². The highest BCUT2D eigenvalue weighted by molar-refractivity contribution is 7.15. The summed E-state index contributed by atoms with van der Waals surface area (Å²) in [5.41, 5.74) is 0.750. The van der Waals surface area contributed by atoms with Crippen LogP contribution in [-0.2, 0) is 0 Å². The lowest BCUT2D eigenvalue weighted by Gasteiger charge is -2.00. The first kappa shape index (κ1) is 14.4. The van der Waals surface area contributed by atoms with Gasteiger partial charge in [0.05, 0.1) is 5.02 Å². The van der Waals surface area contributed by atoms with Crippen LogP contribution >= 0.6 is 22.9 Å². The summed E-state index contributed by atoms with van der Waals surface area (Å²) >= 11 is 7.55. The molecular weight excluding hydrogens is 334 g/mol. The van der Waals surface area contributed by atoms with E-state index in [0.717, 1.165) is 23.4 Å². The zero-order chi connectivity index (χ0) is 15.8. The van der Waals surface area contributed by atoms with Gasteiger partial charge in [-0.25, -0.2) is 0 Å². The molecule has 0 saturated heterocycles. The van der Waals surface area contributed by atoms with E-state index in [2.05, 4.69) is 15.5 Å². The van der Waals surface area contributed by atoms with E-state index in [1.54, 1.807) is 18.2 Å². The van der Waals surface area contributed by atoms with Crippen molar-refractivity contribution in [3.05, 3.63) is 52.2 Å². The van der Waals surface area contributed by atoms with Gasteiger partial charge in [0.15, 0.2) is 5.76 Å². The minimum Gasteiger partial charge on any atom is -0.451 e. The summed E-state index contributed by atoms with van der Waals surface area (Å²) in [5.74, 6) is 0.940. The van der Waals surface area contributed by atoms with Crippen molar-refractivity contribution in [3.8, 4) is 11.3 Å². The summed E-state index contributed by atoms with van der Waals surface area (Å²) in [5, 5.41) is 12.9. The van der Waals surface area contributed by atoms with Crippen LogP contribution in [0, 0.1) is 0 Å². The van der Waals surface area contributed by atoms with E-state index in [-0.39, 0.29) is 11.7 Å². The molecule has 1 aliphatic rings. The van der Waals surface area contributed by atoms with Crippen LogP contribution in [0.15, 0.2) is 40.8 Å². The van der Waals surface area contributed by atoms with Gasteiger partial charge in [-0.15, -0.1) is 10.2 Å². The lowest BCUT2D eigenvalue weighted by atomic mass is 10.2. The van der Waals surface area contributed by atoms with Gasteiger partial charge in [0.2, 0.25) is 5.13 Å². The molecule has 1 N–H and O–H groups in total. The Morgan fingerprint density at radius 2 is 2.04 bits per heavy atom. The van der Waals surface area contributed by atoms with Crippen molar-refractivity contribution in [2.45, 2.75) is 18.8 Å². The minimum atomic E-state index is -0.346. The third-order valence-electron chi connectivity index (χ3n) is 3.56. The Hall–Kier alpha value is -2.18. The molecule has 4 rings (SSSR count). The Morgan fingerprint density at radius 3 is 2.83 bits per heavy atom. The van der Waals surface area contributed by atoms with E-state index < -0.39 is 0 Å². The summed E-state index contributed by atoms with van der Waals surface area (Å²) in [4.78, 5) is 12.2. The van der Waals surface area contributed by atoms with E-state index in [1.807, 2.05) is 18.2 Å². The fourth-order valence-corrected chi connectivity index (χ4v) is 3.34. The number of nitrogens with zero attached hydrogens (tertiary/aromatic N) is 2. The largest absolute Gasteiger partial charge is 0.451 e. The molecule has 1 amide bonds. The molecule has 5 nitrogen and oxygen atoms in total. The van der Waals surface area contributed by atoms with E-state index in [1.165, 1.54) is 11.3 Å². The molecule has 116 valence electrons. The van der Waals surface area contributed by atoms with E-state index in [9.17, 15) is 4.79 Å². The number of carbonyl (C=O) groups excluding carboxylic acids is 1. The van der Waals surface area contributed by atoms with Gasteiger partial charge in [-0.1, -0.05) is 35.1 Å². The maximum absolute atomic E-state index is 12.2. The number of hydrogen-bond acceptors (Lipinski definition) is 5. The van der Waals surface area contributed by atoms with E-state index >= 15 is 0 Å². The fraction of sp³-hybridized carbons (Fsp3) is 0.188. The van der Waals surface area contributed by atoms with Gasteiger partial charge in [-0.3, -0.25) is 10.1 Å². The maximum Gasteiger partial charge on any atom is 0.293 e. The molecule has 2 heterocycles. The first-order valence-corrected chi connectivity index (χ1v) is 8.39. The molecule has 2 aromatic heterocycles. The van der Waals surface area contributed by atoms with Crippen LogP contribution in [0.2, 0.25) is 5.02 Å². The van der Waals surface area contributed by atoms with Gasteiger partial charge in [0.1, 0.15) is 10.8 Å². The maximum atomic E-state index is 12.2. The summed E-state index contributed by atoms with van der Waals surface area (Å²) in [6, 6.07) is 10.7. The van der Waals surface area contributed by atoms with Crippen molar-refractivity contribution in [2.24, 2.45) is 0 Å². The SMILES string of the molecule is O=C(Nc1nnc(C2CC2)s1)c1ccc(-c2ccccc2Cl)o1. The van der Waals surface area contributed by atoms with Crippen LogP contribution in [-0.4, -0.2) is 16.1 Å². The highest BCUT2D eigenvalue weighted by Crippen LogP contribution is 2.42. The zero-order valence-electron chi connectivity index (χ0n) is 12.0. The van der Waals surface area contributed by atoms with Crippen LogP contribution in [0.5, 0.6) is 0 Å². The normalized spacial score (nSPS) is 14.0. The Kier molecular flexibility index (Phi) is 3.63. The number of carbonyl (C=O) groups is 1. The third kappa shape index (κ3) is 3.00. The van der Waals surface area contributed by atoms with Gasteiger partial charge < -0.3 is 4.42 Å². The lowest BCUT2D eigenvalue weighted by molar-refractivity contribution is 0.0997. The van der Waals surface area contributed by atoms with Crippen molar-refractivity contribution >= 4 is 34.0 Å². The first-order valence-electron chi connectivity index (χ1n) is 7.20. The third-order valence-corrected chi connectivity index (χ3v) is 4.89. The first-order chi connectivity index (χ1) is 11.2. The molecule has 3 aromatic rings. The summed E-state index contributed by atoms with van der Waals surface area (Å²) in [7, 11) is 0. The molecule has 0 unspecified atom stereocenters. The van der Waals surface area contributed by atoms with Gasteiger partial charge in [-0.2, -0.15) is 0 Å². The molecule has 1 aliphatic carbocycles. The van der Waals surface area contributed by atoms with Crippen LogP contribution in [0.1, 0.15) is 34.3 Å². The zero-order valence-corrected chi connectivity index (χ0v) is 13.5. The van der Waals surface area contributed by atoms with Crippen LogP contribution in [0.3, 0.4) is 0 Å². The average molecular weight is 346 g/mol. The predicted octanol–water partition coefficient (Wildman–Crippen LogP) is 4.58. The number of amides is 1. The van der Waals surface area contributed by atoms with Crippen molar-refractivity contribution < 1.29 is 9.21 Å². The number of aromatic nitrogens is 2. The molecule has 0 radical (unpaired) electrons. The second-order valence-electron chi connectivity index (χ2n) is 5.32. The fourth-order valence-electron chi connectivity index (χ4n) is 2.20. The number of anilines is 1. The quantitative estimate of drug-likeness (QED) is 0.751. The highest BCUT2D eigenvalue weighted by Gasteiger charge is 2.28. The number of benzene rings is 1.